The molecule has 4 heterocycles. The largest absolute Gasteiger partial charge is 0.506 e. The highest BCUT2D eigenvalue weighted by molar-refractivity contribution is 9.11. The first-order valence-corrected chi connectivity index (χ1v) is 19.5. The highest BCUT2D eigenvalue weighted by Gasteiger charge is 2.40. The van der Waals surface area contributed by atoms with Crippen molar-refractivity contribution in [1.82, 2.24) is 24.5 Å². The molecule has 6 rings (SSSR count). The number of nitrogens with one attached hydrogen (secondary N) is 1. The zero-order chi connectivity index (χ0) is 37.9. The minimum atomic E-state index is -4.84. The number of Topliss-reactive ketones (excluding diaryl/α,β-unsaturated/α-hetero) is 1. The number of piperidine rings is 2. The van der Waals surface area contributed by atoms with Gasteiger partial charge in [0.05, 0.1) is 15.5 Å². The van der Waals surface area contributed by atoms with Crippen molar-refractivity contribution in [2.24, 2.45) is 0 Å². The number of nitrogens with zero attached hydrogens (tertiary/aromatic N) is 5. The molecule has 53 heavy (non-hydrogen) atoms. The van der Waals surface area contributed by atoms with Crippen molar-refractivity contribution in [2.45, 2.75) is 62.9 Å². The molecule has 0 bridgehead atoms. The molecule has 2 aromatic carbocycles. The molecule has 3 fully saturated rings. The SMILES string of the molecule is O=C(OC(Cc1cc(Br)c(O)c(Br)c1)C(=O)N1CCC(N2CCN(CC(=O)C(F)(F)F)CC2)CC1)N1CCC(N2CCc3ccccc3NC2=O)CC1. The van der Waals surface area contributed by atoms with Crippen molar-refractivity contribution in [3.8, 4) is 5.75 Å². The van der Waals surface area contributed by atoms with Crippen LogP contribution in [0.25, 0.3) is 0 Å². The van der Waals surface area contributed by atoms with Crippen molar-refractivity contribution in [2.75, 3.05) is 70.8 Å². The van der Waals surface area contributed by atoms with Crippen LogP contribution in [0.2, 0.25) is 0 Å². The summed E-state index contributed by atoms with van der Waals surface area (Å²) < 4.78 is 45.0. The number of anilines is 1. The maximum Gasteiger partial charge on any atom is 0.451 e. The molecule has 3 saturated heterocycles. The molecule has 2 aromatic rings. The number of carbonyl (C=O) groups excluding carboxylic acids is 4. The number of carbonyl (C=O) groups is 4. The van der Waals surface area contributed by atoms with Gasteiger partial charge >= 0.3 is 18.3 Å². The molecule has 4 aliphatic rings. The van der Waals surface area contributed by atoms with Crippen LogP contribution in [0.3, 0.4) is 0 Å². The number of phenols is 1. The summed E-state index contributed by atoms with van der Waals surface area (Å²) in [5, 5.41) is 13.3. The summed E-state index contributed by atoms with van der Waals surface area (Å²) in [5.41, 5.74) is 2.56. The first-order valence-electron chi connectivity index (χ1n) is 17.9. The number of ketones is 1. The van der Waals surface area contributed by atoms with Gasteiger partial charge in [-0.05, 0) is 93.3 Å². The zero-order valence-electron chi connectivity index (χ0n) is 29.1. The predicted octanol–water partition coefficient (Wildman–Crippen LogP) is 5.26. The Labute approximate surface area is 322 Å². The molecular weight excluding hydrogens is 829 g/mol. The number of likely N-dealkylation sites (tertiary alicyclic amines) is 2. The summed E-state index contributed by atoms with van der Waals surface area (Å²) in [5.74, 6) is -2.06. The van der Waals surface area contributed by atoms with E-state index >= 15 is 0 Å². The number of alkyl halides is 3. The van der Waals surface area contributed by atoms with Crippen LogP contribution in [0, 0.1) is 0 Å². The van der Waals surface area contributed by atoms with Gasteiger partial charge in [-0.25, -0.2) is 9.59 Å². The Balaban J connectivity index is 1.05. The van der Waals surface area contributed by atoms with E-state index in [1.807, 2.05) is 29.2 Å². The Hall–Kier alpha value is -3.41. The van der Waals surface area contributed by atoms with Gasteiger partial charge in [0.1, 0.15) is 5.75 Å². The van der Waals surface area contributed by atoms with Crippen LogP contribution in [0.4, 0.5) is 28.4 Å². The molecule has 1 unspecified atom stereocenters. The lowest BCUT2D eigenvalue weighted by Crippen LogP contribution is -2.56. The molecule has 4 aliphatic heterocycles. The number of para-hydroxylation sites is 1. The molecule has 0 spiro atoms. The standard InChI is InChI=1S/C36H43Br2F3N6O6/c37-27-19-23(20-28(38)32(27)49)21-30(33(50)45-10-6-25(7-11-45)44-17-15-43(16-18-44)22-31(48)36(39,40)41)53-35(52)46-12-8-26(9-13-46)47-14-5-24-3-1-2-4-29(24)42-34(47)51/h1-4,19-20,25-26,30,49H,5-18,21-22H2,(H,42,51). The monoisotopic (exact) mass is 870 g/mol. The summed E-state index contributed by atoms with van der Waals surface area (Å²) in [7, 11) is 0. The Morgan fingerprint density at radius 2 is 1.47 bits per heavy atom. The van der Waals surface area contributed by atoms with Gasteiger partial charge in [0, 0.05) is 83.1 Å². The Kier molecular flexibility index (Phi) is 12.6. The third-order valence-electron chi connectivity index (χ3n) is 10.7. The van der Waals surface area contributed by atoms with Crippen LogP contribution in [-0.2, 0) is 27.2 Å². The lowest BCUT2D eigenvalue weighted by molar-refractivity contribution is -0.172. The molecule has 0 radical (unpaired) electrons. The fourth-order valence-corrected chi connectivity index (χ4v) is 8.94. The number of benzene rings is 2. The number of amides is 4. The number of rotatable bonds is 8. The van der Waals surface area contributed by atoms with E-state index in [1.165, 1.54) is 4.90 Å². The molecule has 288 valence electrons. The van der Waals surface area contributed by atoms with Gasteiger partial charge in [-0.1, -0.05) is 18.2 Å². The first-order chi connectivity index (χ1) is 25.3. The third kappa shape index (κ3) is 9.64. The minimum absolute atomic E-state index is 0.00770. The summed E-state index contributed by atoms with van der Waals surface area (Å²) in [4.78, 5) is 61.0. The zero-order valence-corrected chi connectivity index (χ0v) is 32.3. The fraction of sp³-hybridized carbons (Fsp3) is 0.556. The molecule has 1 atom stereocenters. The molecule has 0 aromatic heterocycles. The smallest absolute Gasteiger partial charge is 0.451 e. The second kappa shape index (κ2) is 16.9. The van der Waals surface area contributed by atoms with Gasteiger partial charge < -0.3 is 29.9 Å². The van der Waals surface area contributed by atoms with E-state index in [2.05, 4.69) is 42.1 Å². The van der Waals surface area contributed by atoms with Crippen molar-refractivity contribution >= 4 is 61.4 Å². The number of hydrogen-bond donors (Lipinski definition) is 2. The van der Waals surface area contributed by atoms with E-state index in [1.54, 1.807) is 21.9 Å². The molecule has 0 saturated carbocycles. The molecule has 17 heteroatoms. The molecule has 12 nitrogen and oxygen atoms in total. The Bertz CT molecular complexity index is 1650. The van der Waals surface area contributed by atoms with Crippen LogP contribution in [0.1, 0.15) is 36.8 Å². The quantitative estimate of drug-likeness (QED) is 0.369. The second-order valence-corrected chi connectivity index (χ2v) is 15.7. The first kappa shape index (κ1) is 39.3. The molecular formula is C36H43Br2F3N6O6. The van der Waals surface area contributed by atoms with Crippen LogP contribution in [0.5, 0.6) is 5.75 Å². The fourth-order valence-electron chi connectivity index (χ4n) is 7.66. The van der Waals surface area contributed by atoms with E-state index in [9.17, 15) is 37.5 Å². The lowest BCUT2D eigenvalue weighted by atomic mass is 10.00. The maximum absolute atomic E-state index is 14.1. The second-order valence-electron chi connectivity index (χ2n) is 14.0. The summed E-state index contributed by atoms with van der Waals surface area (Å²) in [6.07, 6.45) is -3.36. The van der Waals surface area contributed by atoms with Crippen molar-refractivity contribution in [3.63, 3.8) is 0 Å². The average molecular weight is 873 g/mol. The van der Waals surface area contributed by atoms with Crippen LogP contribution in [0.15, 0.2) is 45.3 Å². The number of piperazine rings is 1. The molecule has 0 aliphatic carbocycles. The van der Waals surface area contributed by atoms with Gasteiger partial charge in [0.25, 0.3) is 5.91 Å². The van der Waals surface area contributed by atoms with E-state index in [4.69, 9.17) is 4.74 Å². The normalized spacial score (nSPS) is 20.4. The third-order valence-corrected chi connectivity index (χ3v) is 11.9. The Morgan fingerprint density at radius 3 is 2.11 bits per heavy atom. The number of ether oxygens (including phenoxy) is 1. The van der Waals surface area contributed by atoms with E-state index in [0.717, 1.165) is 17.7 Å². The van der Waals surface area contributed by atoms with Gasteiger partial charge in [-0.3, -0.25) is 19.4 Å². The molecule has 4 amide bonds. The van der Waals surface area contributed by atoms with Gasteiger partial charge in [0.2, 0.25) is 5.78 Å². The lowest BCUT2D eigenvalue weighted by Gasteiger charge is -2.43. The number of halogens is 5. The van der Waals surface area contributed by atoms with Crippen LogP contribution in [-0.4, -0.2) is 143 Å². The Morgan fingerprint density at radius 1 is 0.868 bits per heavy atom. The highest BCUT2D eigenvalue weighted by atomic mass is 79.9. The minimum Gasteiger partial charge on any atom is -0.506 e. The average Bonchev–Trinajstić information content (AvgIpc) is 3.31. The summed E-state index contributed by atoms with van der Waals surface area (Å²) in [6, 6.07) is 11.0. The molecule has 2 N–H and O–H groups in total. The van der Waals surface area contributed by atoms with Gasteiger partial charge in [0.15, 0.2) is 6.10 Å². The van der Waals surface area contributed by atoms with Crippen LogP contribution < -0.4 is 5.32 Å². The summed E-state index contributed by atoms with van der Waals surface area (Å²) in [6.45, 7) is 3.26. The van der Waals surface area contributed by atoms with Gasteiger partial charge in [-0.15, -0.1) is 0 Å². The van der Waals surface area contributed by atoms with Crippen LogP contribution >= 0.6 is 31.9 Å². The number of hydrogen-bond acceptors (Lipinski definition) is 8. The number of aromatic hydroxyl groups is 1. The number of fused-ring (bicyclic) bond motifs is 1. The maximum atomic E-state index is 14.1. The van der Waals surface area contributed by atoms with E-state index < -0.39 is 30.7 Å². The van der Waals surface area contributed by atoms with Gasteiger partial charge in [-0.2, -0.15) is 13.2 Å². The van der Waals surface area contributed by atoms with E-state index in [0.29, 0.717) is 99.1 Å². The summed E-state index contributed by atoms with van der Waals surface area (Å²) >= 11 is 6.68. The van der Waals surface area contributed by atoms with E-state index in [-0.39, 0.29) is 36.2 Å². The number of phenolic OH excluding ortho intramolecular Hbond substituents is 1. The topological polar surface area (TPSA) is 126 Å². The predicted molar refractivity (Wildman–Crippen MR) is 197 cm³/mol. The van der Waals surface area contributed by atoms with Crippen molar-refractivity contribution in [3.05, 3.63) is 56.5 Å². The van der Waals surface area contributed by atoms with Crippen molar-refractivity contribution in [1.29, 1.82) is 0 Å². The number of urea groups is 1. The highest BCUT2D eigenvalue weighted by Crippen LogP contribution is 2.34. The van der Waals surface area contributed by atoms with Crippen molar-refractivity contribution < 1.29 is 42.2 Å².